The van der Waals surface area contributed by atoms with Gasteiger partial charge in [0.25, 0.3) is 0 Å². The summed E-state index contributed by atoms with van der Waals surface area (Å²) in [7, 11) is 0. The summed E-state index contributed by atoms with van der Waals surface area (Å²) in [5, 5.41) is 39.4. The smallest absolute Gasteiger partial charge is 0.200 e. The number of hydrogen-bond acceptors (Lipinski definition) is 8. The molecule has 0 bridgehead atoms. The zero-order valence-corrected chi connectivity index (χ0v) is 15.9. The van der Waals surface area contributed by atoms with Crippen LogP contribution in [0.15, 0.2) is 64.0 Å². The highest BCUT2D eigenvalue weighted by Crippen LogP contribution is 2.25. The molecular weight excluding hydrogens is 392 g/mol. The fraction of sp³-hybridized carbons (Fsp3) is 0.318. The van der Waals surface area contributed by atoms with E-state index in [0.717, 1.165) is 5.56 Å². The highest BCUT2D eigenvalue weighted by molar-refractivity contribution is 5.82. The zero-order valence-electron chi connectivity index (χ0n) is 15.9. The lowest BCUT2D eigenvalue weighted by Gasteiger charge is -2.39. The van der Waals surface area contributed by atoms with E-state index in [1.54, 1.807) is 18.2 Å². The monoisotopic (exact) mass is 414 g/mol. The van der Waals surface area contributed by atoms with Gasteiger partial charge in [-0.3, -0.25) is 4.79 Å². The van der Waals surface area contributed by atoms with E-state index in [2.05, 4.69) is 0 Å². The average Bonchev–Trinajstić information content (AvgIpc) is 2.78. The first-order valence-electron chi connectivity index (χ1n) is 9.54. The van der Waals surface area contributed by atoms with E-state index in [9.17, 15) is 25.2 Å². The van der Waals surface area contributed by atoms with Crippen LogP contribution in [-0.4, -0.2) is 64.2 Å². The highest BCUT2D eigenvalue weighted by Gasteiger charge is 2.43. The number of benzene rings is 2. The van der Waals surface area contributed by atoms with Crippen LogP contribution >= 0.6 is 0 Å². The number of aliphatic hydroxyl groups excluding tert-OH is 4. The zero-order chi connectivity index (χ0) is 21.3. The number of aliphatic hydroxyl groups is 4. The molecule has 8 nitrogen and oxygen atoms in total. The van der Waals surface area contributed by atoms with Crippen molar-refractivity contribution in [3.05, 3.63) is 65.0 Å². The van der Waals surface area contributed by atoms with Gasteiger partial charge in [0.15, 0.2) is 5.43 Å². The Balaban J connectivity index is 1.53. The molecule has 1 saturated heterocycles. The van der Waals surface area contributed by atoms with Crippen LogP contribution < -0.4 is 10.2 Å². The highest BCUT2D eigenvalue weighted by atomic mass is 16.6. The predicted molar refractivity (Wildman–Crippen MR) is 107 cm³/mol. The molecule has 5 atom stereocenters. The summed E-state index contributed by atoms with van der Waals surface area (Å²) in [5.74, 6) is 0.370. The van der Waals surface area contributed by atoms with Gasteiger partial charge in [0.2, 0.25) is 0 Å². The third-order valence-electron chi connectivity index (χ3n) is 5.24. The van der Waals surface area contributed by atoms with Gasteiger partial charge in [0.1, 0.15) is 54.7 Å². The first kappa shape index (κ1) is 20.5. The summed E-state index contributed by atoms with van der Waals surface area (Å²) < 4.78 is 16.7. The Hall–Kier alpha value is -2.75. The molecule has 5 unspecified atom stereocenters. The largest absolute Gasteiger partial charge is 0.491 e. The SMILES string of the molecule is O=c1c(-c2ccccc2)coc2cc(OCC3OC(CO)C(O)C(O)C3O)ccc12. The van der Waals surface area contributed by atoms with Gasteiger partial charge >= 0.3 is 0 Å². The summed E-state index contributed by atoms with van der Waals surface area (Å²) in [5.41, 5.74) is 1.39. The molecule has 2 aromatic carbocycles. The van der Waals surface area contributed by atoms with Crippen LogP contribution in [0.25, 0.3) is 22.1 Å². The lowest BCUT2D eigenvalue weighted by Crippen LogP contribution is -2.59. The van der Waals surface area contributed by atoms with Gasteiger partial charge in [-0.05, 0) is 17.7 Å². The van der Waals surface area contributed by atoms with Gasteiger partial charge in [0.05, 0.1) is 17.6 Å². The molecule has 8 heteroatoms. The minimum atomic E-state index is -1.46. The lowest BCUT2D eigenvalue weighted by atomic mass is 9.95. The van der Waals surface area contributed by atoms with E-state index in [1.807, 2.05) is 30.3 Å². The summed E-state index contributed by atoms with van der Waals surface area (Å²) in [6.07, 6.45) is -4.81. The summed E-state index contributed by atoms with van der Waals surface area (Å²) in [6, 6.07) is 13.9. The number of ether oxygens (including phenoxy) is 2. The summed E-state index contributed by atoms with van der Waals surface area (Å²) in [4.78, 5) is 12.8. The molecule has 1 aliphatic heterocycles. The van der Waals surface area contributed by atoms with Crippen molar-refractivity contribution >= 4 is 11.0 Å². The number of hydrogen-bond donors (Lipinski definition) is 4. The molecule has 4 rings (SSSR count). The molecule has 2 heterocycles. The molecule has 158 valence electrons. The van der Waals surface area contributed by atoms with E-state index in [1.165, 1.54) is 6.26 Å². The number of rotatable bonds is 5. The third kappa shape index (κ3) is 3.83. The molecule has 1 aliphatic rings. The van der Waals surface area contributed by atoms with Crippen molar-refractivity contribution in [2.45, 2.75) is 30.5 Å². The maximum atomic E-state index is 12.8. The Morgan fingerprint density at radius 2 is 1.67 bits per heavy atom. The van der Waals surface area contributed by atoms with Crippen molar-refractivity contribution in [1.82, 2.24) is 0 Å². The molecule has 1 fully saturated rings. The lowest BCUT2D eigenvalue weighted by molar-refractivity contribution is -0.234. The van der Waals surface area contributed by atoms with Crippen molar-refractivity contribution < 1.29 is 34.3 Å². The fourth-order valence-electron chi connectivity index (χ4n) is 3.51. The van der Waals surface area contributed by atoms with Crippen LogP contribution in [0.1, 0.15) is 0 Å². The Kier molecular flexibility index (Phi) is 5.85. The van der Waals surface area contributed by atoms with E-state index in [0.29, 0.717) is 22.3 Å². The Labute approximate surface area is 171 Å². The van der Waals surface area contributed by atoms with Gasteiger partial charge in [0, 0.05) is 6.07 Å². The molecule has 0 aliphatic carbocycles. The van der Waals surface area contributed by atoms with Crippen molar-refractivity contribution in [3.63, 3.8) is 0 Å². The predicted octanol–water partition coefficient (Wildman–Crippen LogP) is 0.681. The van der Waals surface area contributed by atoms with Gasteiger partial charge in [-0.2, -0.15) is 0 Å². The van der Waals surface area contributed by atoms with Crippen molar-refractivity contribution in [2.75, 3.05) is 13.2 Å². The maximum Gasteiger partial charge on any atom is 0.200 e. The third-order valence-corrected chi connectivity index (χ3v) is 5.24. The minimum Gasteiger partial charge on any atom is -0.491 e. The topological polar surface area (TPSA) is 130 Å². The Morgan fingerprint density at radius 3 is 2.40 bits per heavy atom. The molecule has 0 saturated carbocycles. The first-order valence-corrected chi connectivity index (χ1v) is 9.54. The van der Waals surface area contributed by atoms with Gasteiger partial charge in [-0.25, -0.2) is 0 Å². The molecule has 30 heavy (non-hydrogen) atoms. The van der Waals surface area contributed by atoms with E-state index < -0.39 is 37.1 Å². The van der Waals surface area contributed by atoms with Crippen LogP contribution in [-0.2, 0) is 4.74 Å². The van der Waals surface area contributed by atoms with Crippen LogP contribution in [0.3, 0.4) is 0 Å². The molecular formula is C22H22O8. The van der Waals surface area contributed by atoms with E-state index >= 15 is 0 Å². The molecule has 1 aromatic heterocycles. The summed E-state index contributed by atoms with van der Waals surface area (Å²) in [6.45, 7) is -0.647. The molecule has 3 aromatic rings. The molecule has 0 radical (unpaired) electrons. The van der Waals surface area contributed by atoms with Crippen molar-refractivity contribution in [1.29, 1.82) is 0 Å². The van der Waals surface area contributed by atoms with Crippen LogP contribution in [0, 0.1) is 0 Å². The summed E-state index contributed by atoms with van der Waals surface area (Å²) >= 11 is 0. The van der Waals surface area contributed by atoms with Crippen molar-refractivity contribution in [3.8, 4) is 16.9 Å². The second-order valence-electron chi connectivity index (χ2n) is 7.18. The van der Waals surface area contributed by atoms with Gasteiger partial charge in [-0.15, -0.1) is 0 Å². The van der Waals surface area contributed by atoms with Crippen LogP contribution in [0.4, 0.5) is 0 Å². The van der Waals surface area contributed by atoms with Crippen LogP contribution in [0.2, 0.25) is 0 Å². The van der Waals surface area contributed by atoms with Crippen molar-refractivity contribution in [2.24, 2.45) is 0 Å². The average molecular weight is 414 g/mol. The van der Waals surface area contributed by atoms with Gasteiger partial charge in [-0.1, -0.05) is 30.3 Å². The Morgan fingerprint density at radius 1 is 0.933 bits per heavy atom. The van der Waals surface area contributed by atoms with Crippen LogP contribution in [0.5, 0.6) is 5.75 Å². The normalized spacial score (nSPS) is 26.6. The Bertz CT molecular complexity index is 1060. The second-order valence-corrected chi connectivity index (χ2v) is 7.18. The first-order chi connectivity index (χ1) is 14.5. The molecule has 0 amide bonds. The quantitative estimate of drug-likeness (QED) is 0.480. The second kappa shape index (κ2) is 8.55. The van der Waals surface area contributed by atoms with Gasteiger partial charge < -0.3 is 34.3 Å². The van der Waals surface area contributed by atoms with E-state index in [4.69, 9.17) is 13.9 Å². The maximum absolute atomic E-state index is 12.8. The minimum absolute atomic E-state index is 0.140. The van der Waals surface area contributed by atoms with E-state index in [-0.39, 0.29) is 12.0 Å². The molecule has 4 N–H and O–H groups in total. The number of fused-ring (bicyclic) bond motifs is 1. The fourth-order valence-corrected chi connectivity index (χ4v) is 3.51. The standard InChI is InChI=1S/C22H22O8/c23-9-17-20(25)22(27)21(26)18(30-17)11-28-13-6-7-14-16(8-13)29-10-15(19(14)24)12-4-2-1-3-5-12/h1-8,10,17-18,20-23,25-27H,9,11H2. The molecule has 0 spiro atoms.